The van der Waals surface area contributed by atoms with Gasteiger partial charge in [-0.2, -0.15) is 0 Å². The average molecular weight is 365 g/mol. The van der Waals surface area contributed by atoms with Crippen LogP contribution in [0.4, 0.5) is 0 Å². The Morgan fingerprint density at radius 2 is 2.00 bits per heavy atom. The first-order chi connectivity index (χ1) is 6.49. The Morgan fingerprint density at radius 1 is 1.43 bits per heavy atom. The molecule has 1 rings (SSSR count). The topological polar surface area (TPSA) is 35.2 Å². The van der Waals surface area contributed by atoms with E-state index in [0.29, 0.717) is 0 Å². The molecule has 2 N–H and O–H groups in total. The second-order valence-corrected chi connectivity index (χ2v) is 21.6. The summed E-state index contributed by atoms with van der Waals surface area (Å²) in [5.41, 5.74) is 7.12. The van der Waals surface area contributed by atoms with E-state index in [0.717, 1.165) is 0 Å². The Bertz CT molecular complexity index is 315. The number of nitrogens with two attached hydrogens (primary N) is 1. The van der Waals surface area contributed by atoms with Gasteiger partial charge in [0.2, 0.25) is 0 Å². The molecule has 1 aromatic carbocycles. The van der Waals surface area contributed by atoms with Gasteiger partial charge in [-0.15, -0.1) is 0 Å². The van der Waals surface area contributed by atoms with Crippen LogP contribution < -0.4 is 9.31 Å². The Kier molecular flexibility index (Phi) is 4.43. The van der Waals surface area contributed by atoms with Crippen molar-refractivity contribution >= 4 is 32.9 Å². The molecule has 0 heterocycles. The molecule has 2 atom stereocenters. The van der Waals surface area contributed by atoms with Gasteiger partial charge >= 0.3 is 96.5 Å². The van der Waals surface area contributed by atoms with E-state index in [9.17, 15) is 0 Å². The molecule has 0 fully saturated rings. The second-order valence-electron chi connectivity index (χ2n) is 3.50. The van der Waals surface area contributed by atoms with Crippen LogP contribution >= 0.6 is 12.7 Å². The zero-order valence-electron chi connectivity index (χ0n) is 8.75. The van der Waals surface area contributed by atoms with Crippen molar-refractivity contribution in [3.05, 3.63) is 29.8 Å². The van der Waals surface area contributed by atoms with E-state index < -0.39 is 16.6 Å². The summed E-state index contributed by atoms with van der Waals surface area (Å²) in [5.74, 6) is 0. The third-order valence-electron chi connectivity index (χ3n) is 2.32. The van der Waals surface area contributed by atoms with Gasteiger partial charge in [-0.3, -0.25) is 0 Å². The molecule has 2 nitrogen and oxygen atoms in total. The third kappa shape index (κ3) is 2.72. The molecular weight excluding hydrogens is 349 g/mol. The van der Waals surface area contributed by atoms with Crippen molar-refractivity contribution in [3.8, 4) is 0 Å². The van der Waals surface area contributed by atoms with Gasteiger partial charge < -0.3 is 0 Å². The van der Waals surface area contributed by atoms with Crippen LogP contribution in [0.3, 0.4) is 0 Å². The van der Waals surface area contributed by atoms with Crippen LogP contribution in [0.15, 0.2) is 24.3 Å². The monoisotopic (exact) mass is 365 g/mol. The molecule has 1 aromatic rings. The van der Waals surface area contributed by atoms with Gasteiger partial charge in [-0.1, -0.05) is 0 Å². The Balaban J connectivity index is 3.20. The fourth-order valence-electron chi connectivity index (χ4n) is 1.41. The fraction of sp³-hybridized carbons (Fsp3) is 0.400. The first kappa shape index (κ1) is 12.5. The molecule has 0 spiro atoms. The Hall–Kier alpha value is 0.419. The Morgan fingerprint density at radius 3 is 2.50 bits per heavy atom. The minimum absolute atomic E-state index is 0.0647. The summed E-state index contributed by atoms with van der Waals surface area (Å²) in [5, 5.41) is 0. The van der Waals surface area contributed by atoms with E-state index in [-0.39, 0.29) is 6.04 Å². The van der Waals surface area contributed by atoms with Gasteiger partial charge in [0.05, 0.1) is 0 Å². The molecule has 0 saturated heterocycles. The van der Waals surface area contributed by atoms with Crippen LogP contribution in [0.1, 0.15) is 18.5 Å². The molecule has 0 aliphatic rings. The van der Waals surface area contributed by atoms with Crippen molar-refractivity contribution < 1.29 is 3.07 Å². The first-order valence-corrected chi connectivity index (χ1v) is 16.4. The van der Waals surface area contributed by atoms with Crippen LogP contribution in [0, 0.1) is 0 Å². The fourth-order valence-corrected chi connectivity index (χ4v) is 7.94. The van der Waals surface area contributed by atoms with Crippen molar-refractivity contribution in [3.63, 3.8) is 0 Å². The number of halogens is 1. The van der Waals surface area contributed by atoms with Crippen LogP contribution in [-0.4, -0.2) is 23.7 Å². The summed E-state index contributed by atoms with van der Waals surface area (Å²) in [6.07, 6.45) is 0. The standard InChI is InChI=1S/C8H10N.CH3O.CH3.BrH.Sn/c1-7(9)8-5-3-2-4-6-8;1-2;;;/h2-5,7H,9H2,1H3;1H3;1H3;1H;/q;-1;;;+2/p-1. The quantitative estimate of drug-likeness (QED) is 0.833. The average Bonchev–Trinajstić information content (AvgIpc) is 2.18. The van der Waals surface area contributed by atoms with Crippen molar-refractivity contribution in [1.82, 2.24) is 0 Å². The normalized spacial score (nSPS) is 17.5. The van der Waals surface area contributed by atoms with E-state index in [2.05, 4.69) is 29.8 Å². The van der Waals surface area contributed by atoms with Gasteiger partial charge in [-0.25, -0.2) is 0 Å². The van der Waals surface area contributed by atoms with Crippen molar-refractivity contribution in [2.75, 3.05) is 7.11 Å². The summed E-state index contributed by atoms with van der Waals surface area (Å²) < 4.78 is 6.88. The maximum absolute atomic E-state index is 5.92. The molecule has 0 aliphatic heterocycles. The third-order valence-corrected chi connectivity index (χ3v) is 13.6. The number of rotatable bonds is 3. The van der Waals surface area contributed by atoms with Crippen molar-refractivity contribution in [2.24, 2.45) is 5.73 Å². The van der Waals surface area contributed by atoms with Crippen LogP contribution in [0.25, 0.3) is 0 Å². The SMILES string of the molecule is C[O][Sn]([CH3])([Br])[c]1ccccc1C(C)N. The number of hydrogen-bond donors (Lipinski definition) is 1. The predicted molar refractivity (Wildman–Crippen MR) is 66.2 cm³/mol. The summed E-state index contributed by atoms with van der Waals surface area (Å²) >= 11 is 1.06. The van der Waals surface area contributed by atoms with Gasteiger partial charge in [0.25, 0.3) is 0 Å². The molecule has 78 valence electrons. The molecule has 0 saturated carbocycles. The van der Waals surface area contributed by atoms with Gasteiger partial charge in [-0.05, 0) is 0 Å². The molecule has 0 radical (unpaired) electrons. The van der Waals surface area contributed by atoms with E-state index in [1.165, 1.54) is 9.14 Å². The molecule has 0 aliphatic carbocycles. The van der Waals surface area contributed by atoms with Crippen molar-refractivity contribution in [1.29, 1.82) is 0 Å². The summed E-state index contributed by atoms with van der Waals surface area (Å²) in [6.45, 7) is 2.00. The summed E-state index contributed by atoms with van der Waals surface area (Å²) in [6, 6.07) is 8.32. The second kappa shape index (κ2) is 4.96. The van der Waals surface area contributed by atoms with E-state index >= 15 is 0 Å². The van der Waals surface area contributed by atoms with Crippen LogP contribution in [0.5, 0.6) is 0 Å². The van der Waals surface area contributed by atoms with Crippen LogP contribution in [-0.2, 0) is 3.07 Å². The summed E-state index contributed by atoms with van der Waals surface area (Å²) in [7, 11) is 1.77. The maximum atomic E-state index is 5.92. The zero-order chi connectivity index (χ0) is 10.8. The Labute approximate surface area is 96.0 Å². The number of hydrogen-bond acceptors (Lipinski definition) is 2. The van der Waals surface area contributed by atoms with E-state index in [1.54, 1.807) is 7.11 Å². The minimum atomic E-state index is -2.68. The molecule has 0 bridgehead atoms. The molecule has 14 heavy (non-hydrogen) atoms. The van der Waals surface area contributed by atoms with Gasteiger partial charge in [0.1, 0.15) is 0 Å². The molecule has 4 heteroatoms. The van der Waals surface area contributed by atoms with E-state index in [4.69, 9.17) is 8.81 Å². The van der Waals surface area contributed by atoms with Crippen LogP contribution in [0.2, 0.25) is 4.94 Å². The zero-order valence-corrected chi connectivity index (χ0v) is 13.2. The predicted octanol–water partition coefficient (Wildman–Crippen LogP) is 2.03. The molecular formula is C10H16BrNOSn. The molecule has 0 aromatic heterocycles. The van der Waals surface area contributed by atoms with Gasteiger partial charge in [0.15, 0.2) is 0 Å². The number of benzene rings is 1. The summed E-state index contributed by atoms with van der Waals surface area (Å²) in [4.78, 5) is 2.18. The van der Waals surface area contributed by atoms with Gasteiger partial charge in [0, 0.05) is 0 Å². The van der Waals surface area contributed by atoms with E-state index in [1.807, 2.05) is 19.1 Å². The van der Waals surface area contributed by atoms with Crippen molar-refractivity contribution in [2.45, 2.75) is 17.9 Å². The molecule has 2 unspecified atom stereocenters. The molecule has 0 amide bonds. The first-order valence-electron chi connectivity index (χ1n) is 4.58.